The Morgan fingerprint density at radius 1 is 1.14 bits per heavy atom. The van der Waals surface area contributed by atoms with Gasteiger partial charge in [0.15, 0.2) is 0 Å². The van der Waals surface area contributed by atoms with Gasteiger partial charge in [0.2, 0.25) is 5.91 Å². The molecule has 1 aromatic carbocycles. The van der Waals surface area contributed by atoms with Gasteiger partial charge in [0.05, 0.1) is 13.2 Å². The lowest BCUT2D eigenvalue weighted by Crippen LogP contribution is -2.54. The first-order valence-corrected chi connectivity index (χ1v) is 11.1. The molecule has 3 saturated heterocycles. The zero-order valence-corrected chi connectivity index (χ0v) is 17.4. The molecule has 3 fully saturated rings. The van der Waals surface area contributed by atoms with E-state index in [1.54, 1.807) is 0 Å². The second-order valence-corrected chi connectivity index (χ2v) is 8.86. The van der Waals surface area contributed by atoms with Crippen LogP contribution in [0.1, 0.15) is 25.3 Å². The van der Waals surface area contributed by atoms with Crippen LogP contribution in [0.4, 0.5) is 0 Å². The number of aromatic nitrogens is 1. The minimum absolute atomic E-state index is 0.188. The Labute approximate surface area is 173 Å². The number of carbonyl (C=O) groups is 1. The third kappa shape index (κ3) is 3.81. The average Bonchev–Trinajstić information content (AvgIpc) is 3.33. The van der Waals surface area contributed by atoms with Gasteiger partial charge in [0.25, 0.3) is 0 Å². The lowest BCUT2D eigenvalue weighted by molar-refractivity contribution is -0.135. The summed E-state index contributed by atoms with van der Waals surface area (Å²) in [4.78, 5) is 20.1. The van der Waals surface area contributed by atoms with Crippen LogP contribution in [0.25, 0.3) is 10.9 Å². The van der Waals surface area contributed by atoms with Gasteiger partial charge in [0, 0.05) is 61.9 Å². The van der Waals surface area contributed by atoms with Crippen molar-refractivity contribution in [3.05, 3.63) is 36.0 Å². The maximum absolute atomic E-state index is 12.8. The summed E-state index contributed by atoms with van der Waals surface area (Å²) in [5.41, 5.74) is 2.50. The number of carbonyl (C=O) groups excluding carboxylic acids is 1. The van der Waals surface area contributed by atoms with Crippen molar-refractivity contribution in [3.63, 3.8) is 0 Å². The molecule has 0 radical (unpaired) electrons. The monoisotopic (exact) mass is 396 g/mol. The highest BCUT2D eigenvalue weighted by Crippen LogP contribution is 2.28. The van der Waals surface area contributed by atoms with Gasteiger partial charge < -0.3 is 14.2 Å². The normalized spacial score (nSPS) is 26.2. The molecule has 1 aromatic heterocycles. The van der Waals surface area contributed by atoms with Crippen molar-refractivity contribution < 1.29 is 9.53 Å². The molecule has 4 heterocycles. The van der Waals surface area contributed by atoms with Crippen molar-refractivity contribution in [1.82, 2.24) is 19.3 Å². The van der Waals surface area contributed by atoms with E-state index in [0.717, 1.165) is 24.6 Å². The maximum Gasteiger partial charge on any atom is 0.242 e. The van der Waals surface area contributed by atoms with E-state index in [0.29, 0.717) is 38.9 Å². The van der Waals surface area contributed by atoms with Crippen molar-refractivity contribution >= 4 is 16.8 Å². The van der Waals surface area contributed by atoms with Gasteiger partial charge in [-0.3, -0.25) is 14.6 Å². The van der Waals surface area contributed by atoms with Crippen molar-refractivity contribution in [2.24, 2.45) is 0 Å². The number of hydrogen-bond donors (Lipinski definition) is 0. The summed E-state index contributed by atoms with van der Waals surface area (Å²) in [7, 11) is 0. The molecule has 0 aliphatic carbocycles. The number of benzene rings is 1. The van der Waals surface area contributed by atoms with Gasteiger partial charge in [-0.1, -0.05) is 18.2 Å². The molecule has 3 aliphatic rings. The number of piperazine rings is 1. The lowest BCUT2D eigenvalue weighted by atomic mass is 10.1. The molecule has 5 rings (SSSR count). The van der Waals surface area contributed by atoms with Gasteiger partial charge in [-0.15, -0.1) is 0 Å². The Bertz CT molecular complexity index is 873. The Balaban J connectivity index is 1.36. The fraction of sp³-hybridized carbons (Fsp3) is 0.609. The molecule has 0 spiro atoms. The number of hydrogen-bond acceptors (Lipinski definition) is 4. The first kappa shape index (κ1) is 19.1. The van der Waals surface area contributed by atoms with Crippen LogP contribution in [0.3, 0.4) is 0 Å². The molecule has 2 atom stereocenters. The van der Waals surface area contributed by atoms with E-state index in [1.807, 2.05) is 4.90 Å². The Hall–Kier alpha value is -1.89. The fourth-order valence-electron chi connectivity index (χ4n) is 5.33. The summed E-state index contributed by atoms with van der Waals surface area (Å²) in [6.45, 7) is 10.0. The summed E-state index contributed by atoms with van der Waals surface area (Å²) in [5, 5.41) is 1.28. The van der Waals surface area contributed by atoms with E-state index in [2.05, 4.69) is 51.8 Å². The predicted octanol–water partition coefficient (Wildman–Crippen LogP) is 2.17. The fourth-order valence-corrected chi connectivity index (χ4v) is 5.33. The number of fused-ring (bicyclic) bond motifs is 2. The van der Waals surface area contributed by atoms with Crippen LogP contribution >= 0.6 is 0 Å². The molecule has 2 aromatic rings. The van der Waals surface area contributed by atoms with E-state index in [4.69, 9.17) is 4.74 Å². The molecule has 0 saturated carbocycles. The highest BCUT2D eigenvalue weighted by atomic mass is 16.5. The van der Waals surface area contributed by atoms with Crippen LogP contribution in [0, 0.1) is 0 Å². The van der Waals surface area contributed by atoms with Crippen LogP contribution in [-0.4, -0.2) is 83.2 Å². The van der Waals surface area contributed by atoms with E-state index in [-0.39, 0.29) is 5.91 Å². The van der Waals surface area contributed by atoms with Crippen molar-refractivity contribution in [2.75, 3.05) is 45.9 Å². The van der Waals surface area contributed by atoms with Crippen molar-refractivity contribution in [1.29, 1.82) is 0 Å². The molecular weight excluding hydrogens is 364 g/mol. The zero-order valence-electron chi connectivity index (χ0n) is 17.4. The Morgan fingerprint density at radius 3 is 2.83 bits per heavy atom. The van der Waals surface area contributed by atoms with Gasteiger partial charge in [0.1, 0.15) is 6.54 Å². The largest absolute Gasteiger partial charge is 0.378 e. The van der Waals surface area contributed by atoms with E-state index >= 15 is 0 Å². The molecule has 3 aliphatic heterocycles. The summed E-state index contributed by atoms with van der Waals surface area (Å²) < 4.78 is 7.54. The second-order valence-electron chi connectivity index (χ2n) is 8.86. The molecule has 6 nitrogen and oxygen atoms in total. The van der Waals surface area contributed by atoms with Crippen LogP contribution in [0.2, 0.25) is 0 Å². The van der Waals surface area contributed by atoms with E-state index in [9.17, 15) is 4.79 Å². The quantitative estimate of drug-likeness (QED) is 0.794. The van der Waals surface area contributed by atoms with Gasteiger partial charge in [-0.2, -0.15) is 0 Å². The summed E-state index contributed by atoms with van der Waals surface area (Å²) in [6.07, 6.45) is 4.89. The molecule has 156 valence electrons. The summed E-state index contributed by atoms with van der Waals surface area (Å²) in [6, 6.07) is 9.82. The maximum atomic E-state index is 12.8. The minimum Gasteiger partial charge on any atom is -0.378 e. The van der Waals surface area contributed by atoms with Crippen molar-refractivity contribution in [3.8, 4) is 0 Å². The number of morpholine rings is 1. The molecule has 29 heavy (non-hydrogen) atoms. The first-order chi connectivity index (χ1) is 14.2. The van der Waals surface area contributed by atoms with Gasteiger partial charge in [-0.25, -0.2) is 0 Å². The predicted molar refractivity (Wildman–Crippen MR) is 114 cm³/mol. The minimum atomic E-state index is 0.188. The SMILES string of the molecule is C[C@@H]1CN2CCCC2CN1Cc1cn(CC(=O)N2CCOCC2)c2ccccc12. The highest BCUT2D eigenvalue weighted by Gasteiger charge is 2.34. The third-order valence-electron chi connectivity index (χ3n) is 6.98. The first-order valence-electron chi connectivity index (χ1n) is 11.1. The number of para-hydroxylation sites is 1. The third-order valence-corrected chi connectivity index (χ3v) is 6.98. The number of ether oxygens (including phenoxy) is 1. The Kier molecular flexibility index (Phi) is 5.33. The number of nitrogens with zero attached hydrogens (tertiary/aromatic N) is 4. The second kappa shape index (κ2) is 8.09. The number of rotatable bonds is 4. The van der Waals surface area contributed by atoms with E-state index in [1.165, 1.54) is 36.9 Å². The molecule has 1 amide bonds. The molecule has 1 unspecified atom stereocenters. The van der Waals surface area contributed by atoms with Crippen LogP contribution in [-0.2, 0) is 22.6 Å². The lowest BCUT2D eigenvalue weighted by Gasteiger charge is -2.42. The topological polar surface area (TPSA) is 41.0 Å². The molecule has 0 N–H and O–H groups in total. The molecular formula is C23H32N4O2. The van der Waals surface area contributed by atoms with Crippen molar-refractivity contribution in [2.45, 2.75) is 44.9 Å². The highest BCUT2D eigenvalue weighted by molar-refractivity contribution is 5.86. The van der Waals surface area contributed by atoms with Crippen LogP contribution < -0.4 is 0 Å². The zero-order chi connectivity index (χ0) is 19.8. The standard InChI is InChI=1S/C23H32N4O2/c1-18-13-25-8-4-5-20(25)16-26(18)14-19-15-27(22-7-3-2-6-21(19)22)17-23(28)24-9-11-29-12-10-24/h2-3,6-7,15,18,20H,4-5,8-14,16-17H2,1H3/t18-,20?/m1/s1. The van der Waals surface area contributed by atoms with E-state index < -0.39 is 0 Å². The Morgan fingerprint density at radius 2 is 1.97 bits per heavy atom. The van der Waals surface area contributed by atoms with Gasteiger partial charge in [-0.05, 0) is 37.9 Å². The van der Waals surface area contributed by atoms with Crippen LogP contribution in [0.15, 0.2) is 30.5 Å². The number of amides is 1. The smallest absolute Gasteiger partial charge is 0.242 e. The average molecular weight is 397 g/mol. The summed E-state index contributed by atoms with van der Waals surface area (Å²) >= 11 is 0. The summed E-state index contributed by atoms with van der Waals surface area (Å²) in [5.74, 6) is 0.188. The van der Waals surface area contributed by atoms with Gasteiger partial charge >= 0.3 is 0 Å². The molecule has 6 heteroatoms. The van der Waals surface area contributed by atoms with Crippen LogP contribution in [0.5, 0.6) is 0 Å². The molecule has 0 bridgehead atoms.